The number of hydrogen-bond donors (Lipinski definition) is 0. The van der Waals surface area contributed by atoms with Crippen molar-refractivity contribution in [2.24, 2.45) is 0 Å². The van der Waals surface area contributed by atoms with Gasteiger partial charge in [-0.05, 0) is 58.7 Å². The lowest BCUT2D eigenvalue weighted by atomic mass is 10.1. The van der Waals surface area contributed by atoms with Gasteiger partial charge in [0.1, 0.15) is 5.82 Å². The molecule has 0 N–H and O–H groups in total. The normalized spacial score (nSPS) is 10.4. The molecule has 0 aliphatic heterocycles. The highest BCUT2D eigenvalue weighted by Crippen LogP contribution is 2.28. The van der Waals surface area contributed by atoms with Crippen LogP contribution in [0, 0.1) is 5.82 Å². The van der Waals surface area contributed by atoms with E-state index in [1.54, 1.807) is 25.2 Å². The quantitative estimate of drug-likeness (QED) is 0.732. The molecular formula is C18H19BrFNO3. The van der Waals surface area contributed by atoms with Crippen LogP contribution in [0.4, 0.5) is 4.39 Å². The number of benzene rings is 2. The lowest BCUT2D eigenvalue weighted by molar-refractivity contribution is 0.0751. The first kappa shape index (κ1) is 18.3. The van der Waals surface area contributed by atoms with Crippen molar-refractivity contribution in [3.63, 3.8) is 0 Å². The number of rotatable bonds is 6. The van der Waals surface area contributed by atoms with Crippen LogP contribution in [0.1, 0.15) is 22.8 Å². The van der Waals surface area contributed by atoms with Crippen LogP contribution < -0.4 is 9.47 Å². The Labute approximate surface area is 149 Å². The standard InChI is InChI=1S/C18H19BrFNO3/c1-4-21(18(22)14-7-6-13(20)10-15(14)19)11-12-5-8-16(23-2)17(9-12)24-3/h5-10H,4,11H2,1-3H3. The minimum atomic E-state index is -0.388. The predicted molar refractivity (Wildman–Crippen MR) is 94.1 cm³/mol. The number of halogens is 2. The highest BCUT2D eigenvalue weighted by molar-refractivity contribution is 9.10. The molecule has 0 spiro atoms. The molecule has 0 aliphatic carbocycles. The van der Waals surface area contributed by atoms with Gasteiger partial charge in [-0.2, -0.15) is 0 Å². The molecule has 0 saturated heterocycles. The molecule has 4 nitrogen and oxygen atoms in total. The summed E-state index contributed by atoms with van der Waals surface area (Å²) in [4.78, 5) is 14.4. The van der Waals surface area contributed by atoms with Crippen LogP contribution in [0.25, 0.3) is 0 Å². The average Bonchev–Trinajstić information content (AvgIpc) is 2.58. The molecule has 0 unspecified atom stereocenters. The molecule has 0 bridgehead atoms. The maximum absolute atomic E-state index is 13.2. The van der Waals surface area contributed by atoms with Crippen molar-refractivity contribution in [2.75, 3.05) is 20.8 Å². The molecule has 6 heteroatoms. The smallest absolute Gasteiger partial charge is 0.255 e. The van der Waals surface area contributed by atoms with Gasteiger partial charge in [-0.1, -0.05) is 6.07 Å². The lowest BCUT2D eigenvalue weighted by Crippen LogP contribution is -2.30. The molecule has 0 atom stereocenters. The summed E-state index contributed by atoms with van der Waals surface area (Å²) in [6, 6.07) is 9.59. The van der Waals surface area contributed by atoms with Crippen LogP contribution in [0.15, 0.2) is 40.9 Å². The van der Waals surface area contributed by atoms with E-state index in [9.17, 15) is 9.18 Å². The van der Waals surface area contributed by atoms with Crippen LogP contribution in [-0.4, -0.2) is 31.6 Å². The number of carbonyl (C=O) groups excluding carboxylic acids is 1. The molecule has 24 heavy (non-hydrogen) atoms. The van der Waals surface area contributed by atoms with E-state index in [0.29, 0.717) is 34.6 Å². The summed E-state index contributed by atoms with van der Waals surface area (Å²) in [7, 11) is 3.14. The number of carbonyl (C=O) groups is 1. The Morgan fingerprint density at radius 3 is 2.42 bits per heavy atom. The number of methoxy groups -OCH3 is 2. The second kappa shape index (κ2) is 8.15. The van der Waals surface area contributed by atoms with E-state index in [-0.39, 0.29) is 11.7 Å². The van der Waals surface area contributed by atoms with Gasteiger partial charge in [0, 0.05) is 17.6 Å². The van der Waals surface area contributed by atoms with Crippen molar-refractivity contribution in [1.82, 2.24) is 4.90 Å². The maximum Gasteiger partial charge on any atom is 0.255 e. The van der Waals surface area contributed by atoms with Crippen molar-refractivity contribution < 1.29 is 18.7 Å². The van der Waals surface area contributed by atoms with Gasteiger partial charge in [0.05, 0.1) is 19.8 Å². The average molecular weight is 396 g/mol. The first-order valence-corrected chi connectivity index (χ1v) is 8.24. The minimum absolute atomic E-state index is 0.167. The number of ether oxygens (including phenoxy) is 2. The Bertz CT molecular complexity index is 736. The summed E-state index contributed by atoms with van der Waals surface area (Å²) in [5.74, 6) is 0.693. The summed E-state index contributed by atoms with van der Waals surface area (Å²) in [6.45, 7) is 2.84. The highest BCUT2D eigenvalue weighted by Gasteiger charge is 2.18. The molecule has 2 aromatic rings. The van der Waals surface area contributed by atoms with E-state index in [1.807, 2.05) is 19.1 Å². The maximum atomic E-state index is 13.2. The number of amides is 1. The van der Waals surface area contributed by atoms with E-state index in [0.717, 1.165) is 5.56 Å². The topological polar surface area (TPSA) is 38.8 Å². The van der Waals surface area contributed by atoms with Gasteiger partial charge in [-0.3, -0.25) is 4.79 Å². The SMILES string of the molecule is CCN(Cc1ccc(OC)c(OC)c1)C(=O)c1ccc(F)cc1Br. The van der Waals surface area contributed by atoms with Crippen LogP contribution in [0.2, 0.25) is 0 Å². The van der Waals surface area contributed by atoms with Gasteiger partial charge in [0.15, 0.2) is 11.5 Å². The molecule has 1 amide bonds. The zero-order valence-electron chi connectivity index (χ0n) is 13.8. The fourth-order valence-electron chi connectivity index (χ4n) is 2.36. The van der Waals surface area contributed by atoms with E-state index in [2.05, 4.69) is 15.9 Å². The molecule has 128 valence electrons. The lowest BCUT2D eigenvalue weighted by Gasteiger charge is -2.22. The molecule has 0 saturated carbocycles. The largest absolute Gasteiger partial charge is 0.493 e. The van der Waals surface area contributed by atoms with E-state index >= 15 is 0 Å². The molecular weight excluding hydrogens is 377 g/mol. The van der Waals surface area contributed by atoms with Crippen molar-refractivity contribution in [3.8, 4) is 11.5 Å². The molecule has 0 radical (unpaired) electrons. The second-order valence-electron chi connectivity index (χ2n) is 5.13. The van der Waals surface area contributed by atoms with E-state index in [1.165, 1.54) is 18.2 Å². The highest BCUT2D eigenvalue weighted by atomic mass is 79.9. The number of nitrogens with zero attached hydrogens (tertiary/aromatic N) is 1. The monoisotopic (exact) mass is 395 g/mol. The molecule has 2 aromatic carbocycles. The van der Waals surface area contributed by atoms with Crippen LogP contribution in [-0.2, 0) is 6.54 Å². The Morgan fingerprint density at radius 2 is 1.83 bits per heavy atom. The second-order valence-corrected chi connectivity index (χ2v) is 5.99. The molecule has 2 rings (SSSR count). The third-order valence-corrected chi connectivity index (χ3v) is 4.31. The van der Waals surface area contributed by atoms with Gasteiger partial charge < -0.3 is 14.4 Å². The van der Waals surface area contributed by atoms with E-state index in [4.69, 9.17) is 9.47 Å². The zero-order valence-corrected chi connectivity index (χ0v) is 15.4. The minimum Gasteiger partial charge on any atom is -0.493 e. The predicted octanol–water partition coefficient (Wildman–Crippen LogP) is 4.27. The van der Waals surface area contributed by atoms with Crippen molar-refractivity contribution in [1.29, 1.82) is 0 Å². The number of hydrogen-bond acceptors (Lipinski definition) is 3. The zero-order chi connectivity index (χ0) is 17.7. The van der Waals surface area contributed by atoms with Gasteiger partial charge in [-0.25, -0.2) is 4.39 Å². The van der Waals surface area contributed by atoms with Gasteiger partial charge in [0.2, 0.25) is 0 Å². The fraction of sp³-hybridized carbons (Fsp3) is 0.278. The Morgan fingerprint density at radius 1 is 1.12 bits per heavy atom. The van der Waals surface area contributed by atoms with Gasteiger partial charge >= 0.3 is 0 Å². The fourth-order valence-corrected chi connectivity index (χ4v) is 2.88. The first-order chi connectivity index (χ1) is 11.5. The molecule has 0 aliphatic rings. The van der Waals surface area contributed by atoms with Crippen LogP contribution in [0.3, 0.4) is 0 Å². The summed E-state index contributed by atoms with van der Waals surface area (Å²) in [5, 5.41) is 0. The Kier molecular flexibility index (Phi) is 6.20. The first-order valence-electron chi connectivity index (χ1n) is 7.45. The summed E-state index contributed by atoms with van der Waals surface area (Å²) in [6.07, 6.45) is 0. The molecule has 0 fully saturated rings. The third-order valence-electron chi connectivity index (χ3n) is 3.65. The van der Waals surface area contributed by atoms with Crippen LogP contribution in [0.5, 0.6) is 11.5 Å². The Balaban J connectivity index is 2.24. The summed E-state index contributed by atoms with van der Waals surface area (Å²) < 4.78 is 24.2. The molecule has 0 heterocycles. The summed E-state index contributed by atoms with van der Waals surface area (Å²) >= 11 is 3.25. The Hall–Kier alpha value is -2.08. The van der Waals surface area contributed by atoms with Crippen molar-refractivity contribution in [2.45, 2.75) is 13.5 Å². The van der Waals surface area contributed by atoms with Crippen molar-refractivity contribution >= 4 is 21.8 Å². The van der Waals surface area contributed by atoms with Crippen LogP contribution >= 0.6 is 15.9 Å². The molecule has 0 aromatic heterocycles. The van der Waals surface area contributed by atoms with Crippen molar-refractivity contribution in [3.05, 3.63) is 57.8 Å². The van der Waals surface area contributed by atoms with E-state index < -0.39 is 0 Å². The third kappa shape index (κ3) is 4.06. The van der Waals surface area contributed by atoms with Gasteiger partial charge in [0.25, 0.3) is 5.91 Å². The summed E-state index contributed by atoms with van der Waals surface area (Å²) in [5.41, 5.74) is 1.35. The van der Waals surface area contributed by atoms with Gasteiger partial charge in [-0.15, -0.1) is 0 Å².